The molecule has 1 heterocycles. The fraction of sp³-hybridized carbons (Fsp3) is 0.273. The van der Waals surface area contributed by atoms with Gasteiger partial charge in [-0.15, -0.1) is 0 Å². The van der Waals surface area contributed by atoms with Crippen molar-refractivity contribution in [1.82, 2.24) is 4.90 Å². The summed E-state index contributed by atoms with van der Waals surface area (Å²) in [6, 6.07) is 13.9. The molecular formula is C22H23NO3S2. The monoisotopic (exact) mass is 413 g/mol. The summed E-state index contributed by atoms with van der Waals surface area (Å²) < 4.78 is 12.1. The van der Waals surface area contributed by atoms with Gasteiger partial charge in [0.25, 0.3) is 5.91 Å². The number of thiocarbonyl (C=S) groups is 1. The zero-order valence-electron chi connectivity index (χ0n) is 16.2. The Labute approximate surface area is 175 Å². The third kappa shape index (κ3) is 5.14. The normalized spacial score (nSPS) is 15.4. The van der Waals surface area contributed by atoms with E-state index in [4.69, 9.17) is 21.7 Å². The molecule has 1 fully saturated rings. The fourth-order valence-corrected chi connectivity index (χ4v) is 3.97. The minimum atomic E-state index is -0.0603. The van der Waals surface area contributed by atoms with Gasteiger partial charge in [-0.2, -0.15) is 0 Å². The third-order valence-electron chi connectivity index (χ3n) is 4.30. The maximum atomic E-state index is 12.1. The first-order valence-corrected chi connectivity index (χ1v) is 10.4. The lowest BCUT2D eigenvalue weighted by Crippen LogP contribution is -2.22. The minimum absolute atomic E-state index is 0.0603. The number of nitrogens with zero attached hydrogens (tertiary/aromatic N) is 1. The molecular weight excluding hydrogens is 390 g/mol. The maximum Gasteiger partial charge on any atom is 0.265 e. The molecule has 6 heteroatoms. The van der Waals surface area contributed by atoms with E-state index in [1.807, 2.05) is 36.4 Å². The molecule has 1 saturated heterocycles. The van der Waals surface area contributed by atoms with Gasteiger partial charge in [0.2, 0.25) is 0 Å². The van der Waals surface area contributed by atoms with Crippen LogP contribution in [0, 0.1) is 6.92 Å². The molecule has 0 bridgehead atoms. The van der Waals surface area contributed by atoms with Crippen LogP contribution >= 0.6 is 24.0 Å². The molecule has 1 aliphatic rings. The van der Waals surface area contributed by atoms with E-state index in [-0.39, 0.29) is 5.91 Å². The van der Waals surface area contributed by atoms with Gasteiger partial charge in [-0.1, -0.05) is 49.1 Å². The molecule has 1 amide bonds. The van der Waals surface area contributed by atoms with Gasteiger partial charge in [0.05, 0.1) is 4.91 Å². The molecule has 4 nitrogen and oxygen atoms in total. The highest BCUT2D eigenvalue weighted by Gasteiger charge is 2.28. The highest BCUT2D eigenvalue weighted by molar-refractivity contribution is 8.26. The van der Waals surface area contributed by atoms with Crippen LogP contribution < -0.4 is 9.47 Å². The second-order valence-corrected chi connectivity index (χ2v) is 8.19. The van der Waals surface area contributed by atoms with Crippen molar-refractivity contribution in [1.29, 1.82) is 0 Å². The second kappa shape index (κ2) is 9.26. The molecule has 0 radical (unpaired) electrons. The molecule has 0 N–H and O–H groups in total. The molecule has 0 aromatic heterocycles. The second-order valence-electron chi connectivity index (χ2n) is 6.51. The number of hydrogen-bond donors (Lipinski definition) is 0. The lowest BCUT2D eigenvalue weighted by molar-refractivity contribution is -0.121. The van der Waals surface area contributed by atoms with E-state index in [0.717, 1.165) is 23.5 Å². The minimum Gasteiger partial charge on any atom is -0.490 e. The van der Waals surface area contributed by atoms with Gasteiger partial charge in [0.15, 0.2) is 0 Å². The number of rotatable bonds is 7. The number of benzene rings is 2. The van der Waals surface area contributed by atoms with Gasteiger partial charge in [0.1, 0.15) is 29.0 Å². The maximum absolute atomic E-state index is 12.1. The predicted molar refractivity (Wildman–Crippen MR) is 119 cm³/mol. The van der Waals surface area contributed by atoms with Gasteiger partial charge >= 0.3 is 0 Å². The summed E-state index contributed by atoms with van der Waals surface area (Å²) in [5.41, 5.74) is 3.40. The van der Waals surface area contributed by atoms with E-state index >= 15 is 0 Å². The van der Waals surface area contributed by atoms with Gasteiger partial charge < -0.3 is 9.47 Å². The summed E-state index contributed by atoms with van der Waals surface area (Å²) in [5, 5.41) is 0. The first-order valence-electron chi connectivity index (χ1n) is 9.14. The zero-order chi connectivity index (χ0) is 20.1. The molecule has 0 aliphatic carbocycles. The van der Waals surface area contributed by atoms with Crippen LogP contribution in [-0.4, -0.2) is 35.4 Å². The van der Waals surface area contributed by atoms with Crippen molar-refractivity contribution in [2.45, 2.75) is 20.3 Å². The molecule has 3 rings (SSSR count). The molecule has 0 atom stereocenters. The first kappa shape index (κ1) is 20.4. The number of carbonyl (C=O) groups excluding carboxylic acids is 1. The van der Waals surface area contributed by atoms with Crippen LogP contribution in [0.5, 0.6) is 11.5 Å². The van der Waals surface area contributed by atoms with Crippen LogP contribution in [0.15, 0.2) is 47.4 Å². The zero-order valence-corrected chi connectivity index (χ0v) is 17.9. The Morgan fingerprint density at radius 3 is 2.36 bits per heavy atom. The molecule has 146 valence electrons. The van der Waals surface area contributed by atoms with Crippen molar-refractivity contribution in [2.24, 2.45) is 0 Å². The van der Waals surface area contributed by atoms with Crippen LogP contribution in [0.1, 0.15) is 23.6 Å². The van der Waals surface area contributed by atoms with E-state index in [0.29, 0.717) is 22.4 Å². The average Bonchev–Trinajstić information content (AvgIpc) is 2.92. The summed E-state index contributed by atoms with van der Waals surface area (Å²) in [6.45, 7) is 5.15. The van der Waals surface area contributed by atoms with Crippen LogP contribution in [0.4, 0.5) is 0 Å². The summed E-state index contributed by atoms with van der Waals surface area (Å²) >= 11 is 6.46. The summed E-state index contributed by atoms with van der Waals surface area (Å²) in [4.78, 5) is 14.2. The number of aryl methyl sites for hydroxylation is 2. The van der Waals surface area contributed by atoms with Crippen LogP contribution in [0.25, 0.3) is 6.08 Å². The van der Waals surface area contributed by atoms with E-state index in [1.54, 1.807) is 7.05 Å². The molecule has 28 heavy (non-hydrogen) atoms. The molecule has 2 aromatic rings. The first-order chi connectivity index (χ1) is 13.5. The molecule has 0 unspecified atom stereocenters. The summed E-state index contributed by atoms with van der Waals surface area (Å²) in [7, 11) is 1.69. The van der Waals surface area contributed by atoms with Gasteiger partial charge in [0, 0.05) is 7.05 Å². The SMILES string of the molecule is CCc1cc(C)cc(OCCOc2ccc(/C=C3/SC(=S)N(C)C3=O)cc2)c1. The van der Waals surface area contributed by atoms with Gasteiger partial charge in [-0.25, -0.2) is 0 Å². The van der Waals surface area contributed by atoms with Crippen LogP contribution in [-0.2, 0) is 11.2 Å². The van der Waals surface area contributed by atoms with E-state index in [1.165, 1.54) is 27.8 Å². The fourth-order valence-electron chi connectivity index (χ4n) is 2.79. The van der Waals surface area contributed by atoms with E-state index in [9.17, 15) is 4.79 Å². The molecule has 0 spiro atoms. The Bertz CT molecular complexity index is 906. The molecule has 0 saturated carbocycles. The Kier molecular flexibility index (Phi) is 6.75. The predicted octanol–water partition coefficient (Wildman–Crippen LogP) is 4.85. The Hall–Kier alpha value is -2.31. The number of ether oxygens (including phenoxy) is 2. The summed E-state index contributed by atoms with van der Waals surface area (Å²) in [6.07, 6.45) is 2.84. The lowest BCUT2D eigenvalue weighted by atomic mass is 10.1. The number of likely N-dealkylation sites (N-methyl/N-ethyl adjacent to an activating group) is 1. The summed E-state index contributed by atoms with van der Waals surface area (Å²) in [5.74, 6) is 1.58. The Morgan fingerprint density at radius 1 is 1.07 bits per heavy atom. The van der Waals surface area contributed by atoms with Crippen molar-refractivity contribution < 1.29 is 14.3 Å². The highest BCUT2D eigenvalue weighted by Crippen LogP contribution is 2.31. The smallest absolute Gasteiger partial charge is 0.265 e. The molecule has 1 aliphatic heterocycles. The number of carbonyl (C=O) groups is 1. The lowest BCUT2D eigenvalue weighted by Gasteiger charge is -2.10. The van der Waals surface area contributed by atoms with E-state index in [2.05, 4.69) is 26.0 Å². The third-order valence-corrected chi connectivity index (χ3v) is 5.79. The Morgan fingerprint density at radius 2 is 1.75 bits per heavy atom. The number of amides is 1. The van der Waals surface area contributed by atoms with Crippen molar-refractivity contribution in [3.63, 3.8) is 0 Å². The topological polar surface area (TPSA) is 38.8 Å². The Balaban J connectivity index is 1.51. The van der Waals surface area contributed by atoms with Crippen molar-refractivity contribution in [3.05, 3.63) is 64.1 Å². The van der Waals surface area contributed by atoms with Crippen molar-refractivity contribution in [3.8, 4) is 11.5 Å². The van der Waals surface area contributed by atoms with Crippen LogP contribution in [0.3, 0.4) is 0 Å². The average molecular weight is 414 g/mol. The quantitative estimate of drug-likeness (QED) is 0.369. The standard InChI is InChI=1S/C22H23NO3S2/c1-4-16-11-15(2)12-19(13-16)26-10-9-25-18-7-5-17(6-8-18)14-20-21(24)23(3)22(27)28-20/h5-8,11-14H,4,9-10H2,1-3H3/b20-14+. The molecule has 2 aromatic carbocycles. The number of thioether (sulfide) groups is 1. The van der Waals surface area contributed by atoms with Crippen molar-refractivity contribution >= 4 is 40.3 Å². The number of hydrogen-bond acceptors (Lipinski definition) is 5. The highest BCUT2D eigenvalue weighted by atomic mass is 32.2. The largest absolute Gasteiger partial charge is 0.490 e. The van der Waals surface area contributed by atoms with Gasteiger partial charge in [-0.05, 0) is 60.4 Å². The van der Waals surface area contributed by atoms with Crippen molar-refractivity contribution in [2.75, 3.05) is 20.3 Å². The van der Waals surface area contributed by atoms with Gasteiger partial charge in [-0.3, -0.25) is 9.69 Å². The van der Waals surface area contributed by atoms with E-state index < -0.39 is 0 Å². The van der Waals surface area contributed by atoms with Crippen LogP contribution in [0.2, 0.25) is 0 Å².